The van der Waals surface area contributed by atoms with Crippen molar-refractivity contribution in [3.63, 3.8) is 0 Å². The van der Waals surface area contributed by atoms with Crippen LogP contribution in [-0.4, -0.2) is 38.5 Å². The lowest BCUT2D eigenvalue weighted by molar-refractivity contribution is -0.122. The van der Waals surface area contributed by atoms with Gasteiger partial charge in [-0.25, -0.2) is 4.79 Å². The van der Waals surface area contributed by atoms with Gasteiger partial charge >= 0.3 is 5.97 Å². The van der Waals surface area contributed by atoms with Gasteiger partial charge in [0.1, 0.15) is 5.75 Å². The molecule has 2 amide bonds. The number of rotatable bonds is 5. The Hall–Kier alpha value is -3.35. The first-order valence-electron chi connectivity index (χ1n) is 8.46. The Bertz CT molecular complexity index is 863. The molecule has 0 bridgehead atoms. The molecular formula is C20H20N2O5. The first kappa shape index (κ1) is 18.4. The van der Waals surface area contributed by atoms with Gasteiger partial charge in [-0.2, -0.15) is 0 Å². The molecule has 140 valence electrons. The van der Waals surface area contributed by atoms with E-state index < -0.39 is 11.9 Å². The smallest absolute Gasteiger partial charge is 0.337 e. The van der Waals surface area contributed by atoms with Gasteiger partial charge in [-0.15, -0.1) is 0 Å². The van der Waals surface area contributed by atoms with E-state index in [4.69, 9.17) is 4.74 Å². The highest BCUT2D eigenvalue weighted by molar-refractivity contribution is 6.04. The highest BCUT2D eigenvalue weighted by atomic mass is 16.5. The predicted octanol–water partition coefficient (Wildman–Crippen LogP) is 2.47. The molecule has 1 fully saturated rings. The fourth-order valence-corrected chi connectivity index (χ4v) is 3.01. The second kappa shape index (κ2) is 7.90. The van der Waals surface area contributed by atoms with Crippen LogP contribution in [0.2, 0.25) is 0 Å². The molecule has 0 radical (unpaired) electrons. The van der Waals surface area contributed by atoms with Crippen LogP contribution in [-0.2, 0) is 14.3 Å². The van der Waals surface area contributed by atoms with Gasteiger partial charge in [0, 0.05) is 18.7 Å². The average molecular weight is 368 g/mol. The maximum atomic E-state index is 12.6. The number of carbonyl (C=O) groups is 3. The lowest BCUT2D eigenvalue weighted by atomic mass is 10.1. The highest BCUT2D eigenvalue weighted by Gasteiger charge is 2.35. The standard InChI is InChI=1S/C20H20N2O5/c1-26-17-6-4-3-5-16(17)21-19(24)14-11-18(23)22(12-14)15-9-7-13(8-10-15)20(25)27-2/h3-10,14H,11-12H2,1-2H3,(H,21,24). The summed E-state index contributed by atoms with van der Waals surface area (Å²) in [5, 5.41) is 2.82. The first-order valence-corrected chi connectivity index (χ1v) is 8.46. The fraction of sp³-hybridized carbons (Fsp3) is 0.250. The Kier molecular flexibility index (Phi) is 5.40. The van der Waals surface area contributed by atoms with E-state index in [-0.39, 0.29) is 24.8 Å². The van der Waals surface area contributed by atoms with Crippen LogP contribution in [0.15, 0.2) is 48.5 Å². The molecule has 1 atom stereocenters. The Balaban J connectivity index is 1.69. The molecule has 1 heterocycles. The van der Waals surface area contributed by atoms with E-state index in [0.29, 0.717) is 22.7 Å². The molecule has 7 nitrogen and oxygen atoms in total. The Labute approximate surface area is 156 Å². The van der Waals surface area contributed by atoms with E-state index in [0.717, 1.165) is 0 Å². The normalized spacial score (nSPS) is 16.1. The zero-order valence-electron chi connectivity index (χ0n) is 15.1. The largest absolute Gasteiger partial charge is 0.495 e. The third-order valence-corrected chi connectivity index (χ3v) is 4.46. The molecule has 1 unspecified atom stereocenters. The number of carbonyl (C=O) groups excluding carboxylic acids is 3. The van der Waals surface area contributed by atoms with Crippen molar-refractivity contribution in [1.82, 2.24) is 0 Å². The van der Waals surface area contributed by atoms with E-state index in [1.54, 1.807) is 47.4 Å². The summed E-state index contributed by atoms with van der Waals surface area (Å²) in [5.74, 6) is -0.723. The summed E-state index contributed by atoms with van der Waals surface area (Å²) in [4.78, 5) is 38.0. The molecule has 7 heteroatoms. The summed E-state index contributed by atoms with van der Waals surface area (Å²) in [6.45, 7) is 0.275. The number of amides is 2. The van der Waals surface area contributed by atoms with Crippen LogP contribution in [0.4, 0.5) is 11.4 Å². The van der Waals surface area contributed by atoms with E-state index >= 15 is 0 Å². The average Bonchev–Trinajstić information content (AvgIpc) is 3.09. The number of methoxy groups -OCH3 is 2. The second-order valence-electron chi connectivity index (χ2n) is 6.13. The number of anilines is 2. The fourth-order valence-electron chi connectivity index (χ4n) is 3.01. The summed E-state index contributed by atoms with van der Waals surface area (Å²) in [5.41, 5.74) is 1.61. The summed E-state index contributed by atoms with van der Waals surface area (Å²) in [6, 6.07) is 13.6. The van der Waals surface area contributed by atoms with Gasteiger partial charge in [0.05, 0.1) is 31.4 Å². The first-order chi connectivity index (χ1) is 13.0. The molecule has 1 saturated heterocycles. The van der Waals surface area contributed by atoms with E-state index in [2.05, 4.69) is 10.1 Å². The van der Waals surface area contributed by atoms with Crippen molar-refractivity contribution in [3.05, 3.63) is 54.1 Å². The maximum Gasteiger partial charge on any atom is 0.337 e. The predicted molar refractivity (Wildman–Crippen MR) is 99.9 cm³/mol. The Morgan fingerprint density at radius 1 is 1.07 bits per heavy atom. The quantitative estimate of drug-likeness (QED) is 0.820. The molecule has 0 spiro atoms. The number of nitrogens with zero attached hydrogens (tertiary/aromatic N) is 1. The number of hydrogen-bond donors (Lipinski definition) is 1. The van der Waals surface area contributed by atoms with Crippen molar-refractivity contribution >= 4 is 29.2 Å². The molecule has 27 heavy (non-hydrogen) atoms. The van der Waals surface area contributed by atoms with E-state index in [9.17, 15) is 14.4 Å². The minimum absolute atomic E-state index is 0.125. The van der Waals surface area contributed by atoms with Gasteiger partial charge in [0.2, 0.25) is 11.8 Å². The van der Waals surface area contributed by atoms with Crippen molar-refractivity contribution in [2.75, 3.05) is 31.0 Å². The SMILES string of the molecule is COC(=O)c1ccc(N2CC(C(=O)Nc3ccccc3OC)CC2=O)cc1. The third-order valence-electron chi connectivity index (χ3n) is 4.46. The van der Waals surface area contributed by atoms with Crippen LogP contribution in [0.1, 0.15) is 16.8 Å². The summed E-state index contributed by atoms with van der Waals surface area (Å²) in [7, 11) is 2.84. The van der Waals surface area contributed by atoms with Crippen molar-refractivity contribution in [3.8, 4) is 5.75 Å². The second-order valence-corrected chi connectivity index (χ2v) is 6.13. The van der Waals surface area contributed by atoms with Crippen LogP contribution < -0.4 is 15.0 Å². The molecule has 1 N–H and O–H groups in total. The maximum absolute atomic E-state index is 12.6. The Morgan fingerprint density at radius 3 is 2.44 bits per heavy atom. The molecule has 3 rings (SSSR count). The van der Waals surface area contributed by atoms with Gasteiger partial charge in [0.25, 0.3) is 0 Å². The number of hydrogen-bond acceptors (Lipinski definition) is 5. The van der Waals surface area contributed by atoms with Crippen molar-refractivity contribution in [1.29, 1.82) is 0 Å². The Morgan fingerprint density at radius 2 is 1.78 bits per heavy atom. The molecule has 2 aromatic rings. The molecule has 1 aliphatic rings. The third kappa shape index (κ3) is 3.92. The van der Waals surface area contributed by atoms with Gasteiger partial charge in [-0.05, 0) is 36.4 Å². The van der Waals surface area contributed by atoms with Crippen molar-refractivity contribution in [2.24, 2.45) is 5.92 Å². The summed E-state index contributed by atoms with van der Waals surface area (Å²) < 4.78 is 9.89. The van der Waals surface area contributed by atoms with Crippen LogP contribution >= 0.6 is 0 Å². The van der Waals surface area contributed by atoms with Crippen molar-refractivity contribution < 1.29 is 23.9 Å². The number of para-hydroxylation sites is 2. The van der Waals surface area contributed by atoms with Gasteiger partial charge < -0.3 is 19.7 Å². The zero-order chi connectivity index (χ0) is 19.4. The summed E-state index contributed by atoms with van der Waals surface area (Å²) in [6.07, 6.45) is 0.125. The van der Waals surface area contributed by atoms with E-state index in [1.165, 1.54) is 14.2 Å². The molecule has 1 aliphatic heterocycles. The van der Waals surface area contributed by atoms with Gasteiger partial charge in [0.15, 0.2) is 0 Å². The zero-order valence-corrected chi connectivity index (χ0v) is 15.1. The molecule has 0 saturated carbocycles. The molecule has 2 aromatic carbocycles. The van der Waals surface area contributed by atoms with Gasteiger partial charge in [-0.1, -0.05) is 12.1 Å². The van der Waals surface area contributed by atoms with Crippen LogP contribution in [0, 0.1) is 5.92 Å². The molecule has 0 aromatic heterocycles. The lowest BCUT2D eigenvalue weighted by Gasteiger charge is -2.17. The minimum Gasteiger partial charge on any atom is -0.495 e. The summed E-state index contributed by atoms with van der Waals surface area (Å²) >= 11 is 0. The number of benzene rings is 2. The lowest BCUT2D eigenvalue weighted by Crippen LogP contribution is -2.28. The number of ether oxygens (including phenoxy) is 2. The molecular weight excluding hydrogens is 348 g/mol. The van der Waals surface area contributed by atoms with Crippen LogP contribution in [0.5, 0.6) is 5.75 Å². The monoisotopic (exact) mass is 368 g/mol. The van der Waals surface area contributed by atoms with E-state index in [1.807, 2.05) is 6.07 Å². The van der Waals surface area contributed by atoms with Crippen LogP contribution in [0.3, 0.4) is 0 Å². The van der Waals surface area contributed by atoms with Crippen molar-refractivity contribution in [2.45, 2.75) is 6.42 Å². The van der Waals surface area contributed by atoms with Gasteiger partial charge in [-0.3, -0.25) is 9.59 Å². The topological polar surface area (TPSA) is 84.9 Å². The van der Waals surface area contributed by atoms with Crippen LogP contribution in [0.25, 0.3) is 0 Å². The molecule has 0 aliphatic carbocycles. The number of nitrogens with one attached hydrogen (secondary N) is 1. The number of esters is 1. The minimum atomic E-state index is -0.470. The highest BCUT2D eigenvalue weighted by Crippen LogP contribution is 2.28.